The van der Waals surface area contributed by atoms with Crippen LogP contribution >= 0.6 is 23.2 Å². The second-order valence-corrected chi connectivity index (χ2v) is 4.82. The molecule has 1 aromatic carbocycles. The van der Waals surface area contributed by atoms with Crippen molar-refractivity contribution >= 4 is 28.4 Å². The fourth-order valence-electron chi connectivity index (χ4n) is 1.62. The smallest absolute Gasteiger partial charge is 0.222 e. The summed E-state index contributed by atoms with van der Waals surface area (Å²) in [5, 5.41) is 0.419. The highest BCUT2D eigenvalue weighted by atomic mass is 35.5. The molecular formula is C12H14Cl2O. The molecule has 0 saturated heterocycles. The molecule has 1 aromatic rings. The first-order valence-corrected chi connectivity index (χ1v) is 5.70. The van der Waals surface area contributed by atoms with E-state index in [-0.39, 0.29) is 11.2 Å². The lowest BCUT2D eigenvalue weighted by Gasteiger charge is -2.19. The van der Waals surface area contributed by atoms with Crippen molar-refractivity contribution in [2.75, 3.05) is 0 Å². The molecule has 0 heterocycles. The third kappa shape index (κ3) is 3.84. The molecule has 0 aromatic heterocycles. The van der Waals surface area contributed by atoms with Crippen molar-refractivity contribution in [3.8, 4) is 0 Å². The molecule has 82 valence electrons. The first-order valence-electron chi connectivity index (χ1n) is 4.94. The topological polar surface area (TPSA) is 17.1 Å². The molecule has 0 bridgehead atoms. The molecule has 1 rings (SSSR count). The van der Waals surface area contributed by atoms with Gasteiger partial charge in [0, 0.05) is 11.4 Å². The van der Waals surface area contributed by atoms with Crippen molar-refractivity contribution in [2.24, 2.45) is 5.92 Å². The molecule has 0 fully saturated rings. The average Bonchev–Trinajstić information content (AvgIpc) is 2.15. The molecule has 0 aliphatic carbocycles. The van der Waals surface area contributed by atoms with Gasteiger partial charge in [0.2, 0.25) is 5.24 Å². The van der Waals surface area contributed by atoms with Crippen LogP contribution in [-0.2, 0) is 4.79 Å². The van der Waals surface area contributed by atoms with Gasteiger partial charge in [-0.3, -0.25) is 4.79 Å². The van der Waals surface area contributed by atoms with E-state index in [9.17, 15) is 4.79 Å². The summed E-state index contributed by atoms with van der Waals surface area (Å²) < 4.78 is 0. The highest BCUT2D eigenvalue weighted by Gasteiger charge is 2.18. The van der Waals surface area contributed by atoms with Crippen LogP contribution in [0.4, 0.5) is 0 Å². The van der Waals surface area contributed by atoms with Crippen molar-refractivity contribution in [1.29, 1.82) is 0 Å². The van der Waals surface area contributed by atoms with Gasteiger partial charge in [-0.2, -0.15) is 0 Å². The van der Waals surface area contributed by atoms with Crippen LogP contribution in [0.3, 0.4) is 0 Å². The normalized spacial score (nSPS) is 12.9. The van der Waals surface area contributed by atoms with E-state index < -0.39 is 0 Å². The Morgan fingerprint density at radius 1 is 1.27 bits per heavy atom. The van der Waals surface area contributed by atoms with E-state index in [0.717, 1.165) is 5.56 Å². The van der Waals surface area contributed by atoms with Crippen LogP contribution in [0.15, 0.2) is 24.3 Å². The third-order valence-corrected chi connectivity index (χ3v) is 2.89. The predicted molar refractivity (Wildman–Crippen MR) is 64.5 cm³/mol. The summed E-state index contributed by atoms with van der Waals surface area (Å²) in [5.41, 5.74) is 1.11. The Morgan fingerprint density at radius 3 is 2.20 bits per heavy atom. The number of halogens is 2. The molecule has 0 N–H and O–H groups in total. The molecule has 0 aliphatic heterocycles. The van der Waals surface area contributed by atoms with E-state index in [1.54, 1.807) is 0 Å². The zero-order chi connectivity index (χ0) is 11.4. The van der Waals surface area contributed by atoms with Crippen LogP contribution in [0.2, 0.25) is 5.02 Å². The molecule has 15 heavy (non-hydrogen) atoms. The number of carbonyl (C=O) groups excluding carboxylic acids is 1. The lowest BCUT2D eigenvalue weighted by Crippen LogP contribution is -2.09. The number of hydrogen-bond donors (Lipinski definition) is 0. The fourth-order valence-corrected chi connectivity index (χ4v) is 1.91. The average molecular weight is 245 g/mol. The van der Waals surface area contributed by atoms with Crippen LogP contribution in [0, 0.1) is 5.92 Å². The Labute approximate surface area is 100 Å². The Morgan fingerprint density at radius 2 is 1.80 bits per heavy atom. The monoisotopic (exact) mass is 244 g/mol. The minimum absolute atomic E-state index is 0.173. The number of rotatable bonds is 4. The SMILES string of the molecule is CC(C)C(CC(=O)Cl)c1ccc(Cl)cc1. The van der Waals surface area contributed by atoms with E-state index in [4.69, 9.17) is 23.2 Å². The second-order valence-electron chi connectivity index (χ2n) is 3.96. The second kappa shape index (κ2) is 5.53. The Kier molecular flexibility index (Phi) is 4.62. The zero-order valence-corrected chi connectivity index (χ0v) is 10.3. The summed E-state index contributed by atoms with van der Waals surface area (Å²) in [4.78, 5) is 10.9. The van der Waals surface area contributed by atoms with Gasteiger partial charge >= 0.3 is 0 Å². The maximum atomic E-state index is 10.9. The Hall–Kier alpha value is -0.530. The van der Waals surface area contributed by atoms with E-state index in [1.165, 1.54) is 0 Å². The minimum Gasteiger partial charge on any atom is -0.281 e. The van der Waals surface area contributed by atoms with Crippen LogP contribution in [0.25, 0.3) is 0 Å². The Balaban J connectivity index is 2.88. The molecule has 1 nitrogen and oxygen atoms in total. The van der Waals surface area contributed by atoms with Gasteiger partial charge in [0.25, 0.3) is 0 Å². The summed E-state index contributed by atoms with van der Waals surface area (Å²) in [6.07, 6.45) is 0.376. The molecule has 0 spiro atoms. The van der Waals surface area contributed by atoms with Crippen LogP contribution in [-0.4, -0.2) is 5.24 Å². The standard InChI is InChI=1S/C12H14Cl2O/c1-8(2)11(7-12(14)15)9-3-5-10(13)6-4-9/h3-6,8,11H,7H2,1-2H3. The van der Waals surface area contributed by atoms with E-state index in [0.29, 0.717) is 17.4 Å². The fraction of sp³-hybridized carbons (Fsp3) is 0.417. The predicted octanol–water partition coefficient (Wildman–Crippen LogP) is 4.24. The molecule has 0 saturated carbocycles. The quantitative estimate of drug-likeness (QED) is 0.725. The summed E-state index contributed by atoms with van der Waals surface area (Å²) in [7, 11) is 0. The maximum absolute atomic E-state index is 10.9. The van der Waals surface area contributed by atoms with Crippen LogP contribution in [0.5, 0.6) is 0 Å². The van der Waals surface area contributed by atoms with E-state index in [1.807, 2.05) is 24.3 Å². The number of hydrogen-bond acceptors (Lipinski definition) is 1. The molecular weight excluding hydrogens is 231 g/mol. The number of carbonyl (C=O) groups is 1. The highest BCUT2D eigenvalue weighted by molar-refractivity contribution is 6.63. The first kappa shape index (κ1) is 12.5. The molecule has 0 radical (unpaired) electrons. The first-order chi connectivity index (χ1) is 7.00. The lowest BCUT2D eigenvalue weighted by atomic mass is 9.86. The van der Waals surface area contributed by atoms with Gasteiger partial charge in [-0.05, 0) is 41.1 Å². The summed E-state index contributed by atoms with van der Waals surface area (Å²) in [6.45, 7) is 4.16. The van der Waals surface area contributed by atoms with Crippen molar-refractivity contribution in [3.05, 3.63) is 34.9 Å². The summed E-state index contributed by atoms with van der Waals surface area (Å²) in [5.74, 6) is 0.557. The van der Waals surface area contributed by atoms with Gasteiger partial charge in [-0.1, -0.05) is 37.6 Å². The minimum atomic E-state index is -0.288. The van der Waals surface area contributed by atoms with E-state index in [2.05, 4.69) is 13.8 Å². The van der Waals surface area contributed by atoms with Crippen molar-refractivity contribution in [3.63, 3.8) is 0 Å². The van der Waals surface area contributed by atoms with Gasteiger partial charge in [-0.25, -0.2) is 0 Å². The molecule has 0 amide bonds. The zero-order valence-electron chi connectivity index (χ0n) is 8.84. The molecule has 1 unspecified atom stereocenters. The van der Waals surface area contributed by atoms with Crippen molar-refractivity contribution in [1.82, 2.24) is 0 Å². The van der Waals surface area contributed by atoms with Crippen LogP contribution < -0.4 is 0 Å². The third-order valence-electron chi connectivity index (χ3n) is 2.48. The van der Waals surface area contributed by atoms with E-state index >= 15 is 0 Å². The van der Waals surface area contributed by atoms with Gasteiger partial charge in [-0.15, -0.1) is 0 Å². The van der Waals surface area contributed by atoms with Crippen molar-refractivity contribution in [2.45, 2.75) is 26.2 Å². The molecule has 0 aliphatic rings. The van der Waals surface area contributed by atoms with Crippen molar-refractivity contribution < 1.29 is 4.79 Å². The lowest BCUT2D eigenvalue weighted by molar-refractivity contribution is -0.112. The highest BCUT2D eigenvalue weighted by Crippen LogP contribution is 2.29. The van der Waals surface area contributed by atoms with Gasteiger partial charge in [0.1, 0.15) is 0 Å². The number of benzene rings is 1. The largest absolute Gasteiger partial charge is 0.281 e. The van der Waals surface area contributed by atoms with Gasteiger partial charge in [0.15, 0.2) is 0 Å². The van der Waals surface area contributed by atoms with Gasteiger partial charge < -0.3 is 0 Å². The van der Waals surface area contributed by atoms with Gasteiger partial charge in [0.05, 0.1) is 0 Å². The van der Waals surface area contributed by atoms with Crippen LogP contribution in [0.1, 0.15) is 31.7 Å². The molecule has 3 heteroatoms. The summed E-state index contributed by atoms with van der Waals surface area (Å²) >= 11 is 11.2. The molecule has 1 atom stereocenters. The maximum Gasteiger partial charge on any atom is 0.222 e. The summed E-state index contributed by atoms with van der Waals surface area (Å²) in [6, 6.07) is 7.58. The Bertz CT molecular complexity index is 330.